The Labute approximate surface area is 90.9 Å². The fourth-order valence-corrected chi connectivity index (χ4v) is 1.50. The Morgan fingerprint density at radius 1 is 1.50 bits per heavy atom. The quantitative estimate of drug-likeness (QED) is 0.663. The Kier molecular flexibility index (Phi) is 4.84. The first kappa shape index (κ1) is 13.7. The van der Waals surface area contributed by atoms with Crippen LogP contribution in [0.5, 0.6) is 0 Å². The number of piperidine rings is 1. The van der Waals surface area contributed by atoms with Crippen LogP contribution in [-0.4, -0.2) is 40.6 Å². The zero-order chi connectivity index (χ0) is 10.1. The number of carbonyl (C=O) groups excluding carboxylic acids is 1. The Morgan fingerprint density at radius 3 is 2.29 bits per heavy atom. The molecule has 0 aromatic heterocycles. The first-order valence-corrected chi connectivity index (χ1v) is 4.68. The molecule has 0 spiro atoms. The van der Waals surface area contributed by atoms with Crippen LogP contribution in [0.1, 0.15) is 26.7 Å². The molecule has 1 heterocycles. The van der Waals surface area contributed by atoms with Gasteiger partial charge < -0.3 is 15.7 Å². The average molecular weight is 223 g/mol. The minimum atomic E-state index is -0.887. The Morgan fingerprint density at radius 2 is 1.93 bits per heavy atom. The molecule has 0 aromatic rings. The number of amides is 1. The van der Waals surface area contributed by atoms with E-state index in [1.54, 1.807) is 4.90 Å². The van der Waals surface area contributed by atoms with E-state index in [2.05, 4.69) is 0 Å². The molecule has 1 amide bonds. The number of likely N-dealkylation sites (tertiary alicyclic amines) is 1. The summed E-state index contributed by atoms with van der Waals surface area (Å²) in [4.78, 5) is 13.0. The molecule has 1 aliphatic heterocycles. The van der Waals surface area contributed by atoms with Crippen molar-refractivity contribution >= 4 is 18.3 Å². The summed E-state index contributed by atoms with van der Waals surface area (Å²) < 4.78 is 0. The lowest BCUT2D eigenvalue weighted by molar-refractivity contribution is -0.140. The second kappa shape index (κ2) is 4.96. The summed E-state index contributed by atoms with van der Waals surface area (Å²) in [5.74, 6) is -0.185. The molecule has 0 unspecified atom stereocenters. The summed E-state index contributed by atoms with van der Waals surface area (Å²) in [7, 11) is 0. The van der Waals surface area contributed by atoms with Gasteiger partial charge in [0.2, 0.25) is 0 Å². The van der Waals surface area contributed by atoms with Crippen molar-refractivity contribution in [3.8, 4) is 0 Å². The minimum absolute atomic E-state index is 0. The third kappa shape index (κ3) is 3.44. The van der Waals surface area contributed by atoms with E-state index in [1.807, 2.05) is 6.92 Å². The van der Waals surface area contributed by atoms with E-state index in [9.17, 15) is 4.79 Å². The number of rotatable bonds is 1. The van der Waals surface area contributed by atoms with Crippen LogP contribution in [0.3, 0.4) is 0 Å². The summed E-state index contributed by atoms with van der Waals surface area (Å²) >= 11 is 0. The van der Waals surface area contributed by atoms with Crippen LogP contribution in [0, 0.1) is 0 Å². The van der Waals surface area contributed by atoms with Gasteiger partial charge in [0.15, 0.2) is 0 Å². The van der Waals surface area contributed by atoms with Gasteiger partial charge >= 0.3 is 0 Å². The molecule has 0 aromatic carbocycles. The summed E-state index contributed by atoms with van der Waals surface area (Å²) in [6, 6.07) is 0. The van der Waals surface area contributed by atoms with Crippen molar-refractivity contribution in [1.82, 2.24) is 4.90 Å². The van der Waals surface area contributed by atoms with E-state index in [4.69, 9.17) is 10.8 Å². The third-order valence-electron chi connectivity index (χ3n) is 2.57. The minimum Gasteiger partial charge on any atom is -0.384 e. The van der Waals surface area contributed by atoms with Crippen LogP contribution < -0.4 is 5.73 Å². The molecule has 84 valence electrons. The molecule has 5 heteroatoms. The van der Waals surface area contributed by atoms with Gasteiger partial charge in [0.25, 0.3) is 5.91 Å². The Hall–Kier alpha value is -0.320. The molecule has 4 nitrogen and oxygen atoms in total. The molecule has 0 radical (unpaired) electrons. The predicted octanol–water partition coefficient (Wildman–Crippen LogP) is 0.129. The highest BCUT2D eigenvalue weighted by molar-refractivity contribution is 5.85. The molecule has 0 bridgehead atoms. The number of hydrogen-bond donors (Lipinski definition) is 2. The molecular weight excluding hydrogens is 204 g/mol. The van der Waals surface area contributed by atoms with E-state index < -0.39 is 6.10 Å². The highest BCUT2D eigenvalue weighted by Crippen LogP contribution is 2.18. The summed E-state index contributed by atoms with van der Waals surface area (Å²) in [5.41, 5.74) is 5.77. The Balaban J connectivity index is 0.00000169. The molecule has 0 aliphatic carbocycles. The van der Waals surface area contributed by atoms with Crippen LogP contribution >= 0.6 is 12.4 Å². The van der Waals surface area contributed by atoms with Gasteiger partial charge in [-0.25, -0.2) is 0 Å². The molecule has 1 atom stereocenters. The molecule has 3 N–H and O–H groups in total. The largest absolute Gasteiger partial charge is 0.384 e. The number of aliphatic hydroxyl groups excluding tert-OH is 1. The van der Waals surface area contributed by atoms with Crippen LogP contribution in [0.25, 0.3) is 0 Å². The predicted molar refractivity (Wildman–Crippen MR) is 57.3 cm³/mol. The zero-order valence-electron chi connectivity index (χ0n) is 8.69. The fraction of sp³-hybridized carbons (Fsp3) is 0.889. The van der Waals surface area contributed by atoms with E-state index in [0.717, 1.165) is 12.8 Å². The Bertz CT molecular complexity index is 197. The molecule has 1 aliphatic rings. The maximum atomic E-state index is 11.3. The van der Waals surface area contributed by atoms with Gasteiger partial charge in [-0.05, 0) is 26.7 Å². The summed E-state index contributed by atoms with van der Waals surface area (Å²) in [6.45, 7) is 4.82. The van der Waals surface area contributed by atoms with Gasteiger partial charge in [-0.1, -0.05) is 0 Å². The number of nitrogens with zero attached hydrogens (tertiary/aromatic N) is 1. The lowest BCUT2D eigenvalue weighted by Gasteiger charge is -2.37. The van der Waals surface area contributed by atoms with E-state index in [0.29, 0.717) is 13.1 Å². The third-order valence-corrected chi connectivity index (χ3v) is 2.57. The van der Waals surface area contributed by atoms with Crippen molar-refractivity contribution in [3.63, 3.8) is 0 Å². The van der Waals surface area contributed by atoms with Crippen molar-refractivity contribution in [3.05, 3.63) is 0 Å². The van der Waals surface area contributed by atoms with E-state index in [-0.39, 0.29) is 23.9 Å². The standard InChI is InChI=1S/C9H18N2O2.ClH/c1-7(12)8(13)11-5-3-9(2,10)4-6-11;/h7,12H,3-6,10H2,1-2H3;1H/t7-;/m1./s1. The number of aliphatic hydroxyl groups is 1. The zero-order valence-corrected chi connectivity index (χ0v) is 9.51. The first-order chi connectivity index (χ1) is 5.92. The lowest BCUT2D eigenvalue weighted by Crippen LogP contribution is -2.51. The maximum absolute atomic E-state index is 11.3. The number of halogens is 1. The van der Waals surface area contributed by atoms with Crippen molar-refractivity contribution in [2.24, 2.45) is 5.73 Å². The highest BCUT2D eigenvalue weighted by atomic mass is 35.5. The second-order valence-corrected chi connectivity index (χ2v) is 4.16. The second-order valence-electron chi connectivity index (χ2n) is 4.16. The fourth-order valence-electron chi connectivity index (χ4n) is 1.50. The van der Waals surface area contributed by atoms with Crippen LogP contribution in [-0.2, 0) is 4.79 Å². The summed E-state index contributed by atoms with van der Waals surface area (Å²) in [6.07, 6.45) is 0.735. The highest BCUT2D eigenvalue weighted by Gasteiger charge is 2.29. The average Bonchev–Trinajstić information content (AvgIpc) is 2.03. The smallest absolute Gasteiger partial charge is 0.251 e. The number of carbonyl (C=O) groups is 1. The van der Waals surface area contributed by atoms with Crippen LogP contribution in [0.2, 0.25) is 0 Å². The first-order valence-electron chi connectivity index (χ1n) is 4.68. The topological polar surface area (TPSA) is 66.6 Å². The van der Waals surface area contributed by atoms with Gasteiger partial charge in [0.05, 0.1) is 0 Å². The van der Waals surface area contributed by atoms with Gasteiger partial charge in [0, 0.05) is 18.6 Å². The molecule has 14 heavy (non-hydrogen) atoms. The molecule has 1 saturated heterocycles. The summed E-state index contributed by atoms with van der Waals surface area (Å²) in [5, 5.41) is 9.08. The van der Waals surface area contributed by atoms with Gasteiger partial charge in [-0.3, -0.25) is 4.79 Å². The van der Waals surface area contributed by atoms with Crippen LogP contribution in [0.4, 0.5) is 0 Å². The maximum Gasteiger partial charge on any atom is 0.251 e. The molecular formula is C9H19ClN2O2. The van der Waals surface area contributed by atoms with Gasteiger partial charge in [0.1, 0.15) is 6.10 Å². The SMILES string of the molecule is C[C@@H](O)C(=O)N1CCC(C)(N)CC1.Cl. The van der Waals surface area contributed by atoms with Crippen molar-refractivity contribution in [2.45, 2.75) is 38.3 Å². The monoisotopic (exact) mass is 222 g/mol. The van der Waals surface area contributed by atoms with Crippen molar-refractivity contribution < 1.29 is 9.90 Å². The number of hydrogen-bond acceptors (Lipinski definition) is 3. The number of nitrogens with two attached hydrogens (primary N) is 1. The lowest BCUT2D eigenvalue weighted by atomic mass is 9.91. The van der Waals surface area contributed by atoms with Crippen molar-refractivity contribution in [2.75, 3.05) is 13.1 Å². The molecule has 1 rings (SSSR count). The van der Waals surface area contributed by atoms with Gasteiger partial charge in [-0.15, -0.1) is 12.4 Å². The normalized spacial score (nSPS) is 22.4. The van der Waals surface area contributed by atoms with E-state index >= 15 is 0 Å². The van der Waals surface area contributed by atoms with Crippen molar-refractivity contribution in [1.29, 1.82) is 0 Å². The van der Waals surface area contributed by atoms with Crippen LogP contribution in [0.15, 0.2) is 0 Å². The molecule has 1 fully saturated rings. The van der Waals surface area contributed by atoms with Gasteiger partial charge in [-0.2, -0.15) is 0 Å². The van der Waals surface area contributed by atoms with E-state index in [1.165, 1.54) is 6.92 Å². The molecule has 0 saturated carbocycles.